The van der Waals surface area contributed by atoms with E-state index in [0.29, 0.717) is 17.1 Å². The maximum atomic E-state index is 11.9. The monoisotopic (exact) mass is 289 g/mol. The first-order valence-corrected chi connectivity index (χ1v) is 6.76. The Morgan fingerprint density at radius 1 is 1.20 bits per heavy atom. The Balaban J connectivity index is 1.90. The Hall–Kier alpha value is -2.00. The molecule has 0 aromatic heterocycles. The predicted octanol–water partition coefficient (Wildman–Crippen LogP) is 3.33. The van der Waals surface area contributed by atoms with Crippen molar-refractivity contribution in [2.45, 2.75) is 13.3 Å². The first-order chi connectivity index (χ1) is 9.56. The molecule has 0 bridgehead atoms. The standard InChI is InChI=1S/C16H16ClNO2/c1-11-2-7-14(15(19)10-11)16(20)18-9-8-12-3-5-13(17)6-4-12/h2-7,10,19H,8-9H2,1H3,(H,18,20). The van der Waals surface area contributed by atoms with E-state index in [1.165, 1.54) is 0 Å². The number of amides is 1. The van der Waals surface area contributed by atoms with Gasteiger partial charge in [-0.3, -0.25) is 4.79 Å². The van der Waals surface area contributed by atoms with Gasteiger partial charge in [-0.05, 0) is 48.7 Å². The van der Waals surface area contributed by atoms with Crippen LogP contribution in [-0.2, 0) is 6.42 Å². The van der Waals surface area contributed by atoms with Gasteiger partial charge in [-0.2, -0.15) is 0 Å². The summed E-state index contributed by atoms with van der Waals surface area (Å²) in [4.78, 5) is 11.9. The minimum atomic E-state index is -0.267. The van der Waals surface area contributed by atoms with E-state index in [-0.39, 0.29) is 11.7 Å². The highest BCUT2D eigenvalue weighted by Gasteiger charge is 2.10. The second-order valence-corrected chi connectivity index (χ2v) is 5.09. The molecular formula is C16H16ClNO2. The summed E-state index contributed by atoms with van der Waals surface area (Å²) in [5.74, 6) is -0.259. The molecule has 0 heterocycles. The van der Waals surface area contributed by atoms with Gasteiger partial charge < -0.3 is 10.4 Å². The highest BCUT2D eigenvalue weighted by Crippen LogP contribution is 2.18. The lowest BCUT2D eigenvalue weighted by atomic mass is 10.1. The minimum Gasteiger partial charge on any atom is -0.507 e. The number of rotatable bonds is 4. The molecule has 3 nitrogen and oxygen atoms in total. The van der Waals surface area contributed by atoms with Crippen molar-refractivity contribution in [3.8, 4) is 5.75 Å². The number of aromatic hydroxyl groups is 1. The Morgan fingerprint density at radius 2 is 1.90 bits per heavy atom. The van der Waals surface area contributed by atoms with Crippen LogP contribution in [0.5, 0.6) is 5.75 Å². The van der Waals surface area contributed by atoms with Crippen molar-refractivity contribution in [2.24, 2.45) is 0 Å². The van der Waals surface area contributed by atoms with E-state index in [1.807, 2.05) is 31.2 Å². The Kier molecular flexibility index (Phi) is 4.64. The first kappa shape index (κ1) is 14.4. The fourth-order valence-electron chi connectivity index (χ4n) is 1.90. The smallest absolute Gasteiger partial charge is 0.255 e. The molecule has 0 spiro atoms. The highest BCUT2D eigenvalue weighted by atomic mass is 35.5. The number of hydrogen-bond donors (Lipinski definition) is 2. The molecule has 104 valence electrons. The molecule has 0 aliphatic carbocycles. The van der Waals surface area contributed by atoms with Crippen LogP contribution in [0.1, 0.15) is 21.5 Å². The van der Waals surface area contributed by atoms with Crippen LogP contribution in [0.25, 0.3) is 0 Å². The zero-order valence-electron chi connectivity index (χ0n) is 11.2. The fourth-order valence-corrected chi connectivity index (χ4v) is 2.03. The molecule has 2 aromatic rings. The van der Waals surface area contributed by atoms with Crippen LogP contribution < -0.4 is 5.32 Å². The molecule has 0 saturated heterocycles. The van der Waals surface area contributed by atoms with Gasteiger partial charge in [0.2, 0.25) is 0 Å². The van der Waals surface area contributed by atoms with Gasteiger partial charge in [0, 0.05) is 11.6 Å². The van der Waals surface area contributed by atoms with Crippen LogP contribution in [0.2, 0.25) is 5.02 Å². The van der Waals surface area contributed by atoms with Crippen LogP contribution in [0.4, 0.5) is 0 Å². The lowest BCUT2D eigenvalue weighted by Gasteiger charge is -2.07. The summed E-state index contributed by atoms with van der Waals surface area (Å²) >= 11 is 5.81. The molecule has 2 aromatic carbocycles. The van der Waals surface area contributed by atoms with E-state index < -0.39 is 0 Å². The number of hydrogen-bond acceptors (Lipinski definition) is 2. The molecule has 1 amide bonds. The second kappa shape index (κ2) is 6.44. The molecule has 0 unspecified atom stereocenters. The number of phenolic OH excluding ortho intramolecular Hbond substituents is 1. The highest BCUT2D eigenvalue weighted by molar-refractivity contribution is 6.30. The van der Waals surface area contributed by atoms with Crippen molar-refractivity contribution in [3.05, 3.63) is 64.2 Å². The largest absolute Gasteiger partial charge is 0.507 e. The number of nitrogens with one attached hydrogen (secondary N) is 1. The maximum Gasteiger partial charge on any atom is 0.255 e. The number of phenols is 1. The predicted molar refractivity (Wildman–Crippen MR) is 80.3 cm³/mol. The van der Waals surface area contributed by atoms with E-state index in [4.69, 9.17) is 11.6 Å². The molecule has 0 aliphatic heterocycles. The van der Waals surface area contributed by atoms with Crippen molar-refractivity contribution in [1.82, 2.24) is 5.32 Å². The van der Waals surface area contributed by atoms with E-state index in [9.17, 15) is 9.90 Å². The van der Waals surface area contributed by atoms with Crippen molar-refractivity contribution >= 4 is 17.5 Å². The summed E-state index contributed by atoms with van der Waals surface area (Å²) in [6.07, 6.45) is 0.718. The summed E-state index contributed by atoms with van der Waals surface area (Å²) in [6.45, 7) is 2.37. The van der Waals surface area contributed by atoms with Crippen LogP contribution >= 0.6 is 11.6 Å². The summed E-state index contributed by atoms with van der Waals surface area (Å²) in [5.41, 5.74) is 2.31. The molecule has 4 heteroatoms. The zero-order chi connectivity index (χ0) is 14.5. The van der Waals surface area contributed by atoms with Crippen LogP contribution in [0.15, 0.2) is 42.5 Å². The fraction of sp³-hybridized carbons (Fsp3) is 0.188. The van der Waals surface area contributed by atoms with Crippen molar-refractivity contribution in [2.75, 3.05) is 6.54 Å². The van der Waals surface area contributed by atoms with Gasteiger partial charge in [0.25, 0.3) is 5.91 Å². The van der Waals surface area contributed by atoms with Gasteiger partial charge in [0.15, 0.2) is 0 Å². The average molecular weight is 290 g/mol. The third kappa shape index (κ3) is 3.75. The van der Waals surface area contributed by atoms with Gasteiger partial charge in [-0.15, -0.1) is 0 Å². The second-order valence-electron chi connectivity index (χ2n) is 4.65. The molecule has 0 fully saturated rings. The van der Waals surface area contributed by atoms with Gasteiger partial charge in [0.1, 0.15) is 5.75 Å². The number of benzene rings is 2. The summed E-state index contributed by atoms with van der Waals surface area (Å²) in [6, 6.07) is 12.5. The molecule has 0 atom stereocenters. The zero-order valence-corrected chi connectivity index (χ0v) is 11.9. The molecule has 2 rings (SSSR count). The topological polar surface area (TPSA) is 49.3 Å². The quantitative estimate of drug-likeness (QED) is 0.907. The molecule has 2 N–H and O–H groups in total. The minimum absolute atomic E-state index is 0.00833. The van der Waals surface area contributed by atoms with Crippen molar-refractivity contribution < 1.29 is 9.90 Å². The number of aryl methyl sites for hydroxylation is 1. The summed E-state index contributed by atoms with van der Waals surface area (Å²) in [7, 11) is 0. The number of halogens is 1. The van der Waals surface area contributed by atoms with Crippen LogP contribution in [-0.4, -0.2) is 17.6 Å². The normalized spacial score (nSPS) is 10.3. The third-order valence-electron chi connectivity index (χ3n) is 3.01. The van der Waals surface area contributed by atoms with Crippen molar-refractivity contribution in [3.63, 3.8) is 0 Å². The average Bonchev–Trinajstić information content (AvgIpc) is 2.41. The van der Waals surface area contributed by atoms with Crippen molar-refractivity contribution in [1.29, 1.82) is 0 Å². The SMILES string of the molecule is Cc1ccc(C(=O)NCCc2ccc(Cl)cc2)c(O)c1. The lowest BCUT2D eigenvalue weighted by Crippen LogP contribution is -2.25. The summed E-state index contributed by atoms with van der Waals surface area (Å²) < 4.78 is 0. The van der Waals surface area contributed by atoms with E-state index >= 15 is 0 Å². The molecule has 0 aliphatic rings. The van der Waals surface area contributed by atoms with Crippen LogP contribution in [0.3, 0.4) is 0 Å². The Bertz CT molecular complexity index is 608. The maximum absolute atomic E-state index is 11.9. The molecule has 0 radical (unpaired) electrons. The van der Waals surface area contributed by atoms with Crippen LogP contribution in [0, 0.1) is 6.92 Å². The number of carbonyl (C=O) groups excluding carboxylic acids is 1. The van der Waals surface area contributed by atoms with E-state index in [2.05, 4.69) is 5.32 Å². The molecule has 0 saturated carbocycles. The first-order valence-electron chi connectivity index (χ1n) is 6.38. The Labute approximate surface area is 123 Å². The van der Waals surface area contributed by atoms with Gasteiger partial charge in [-0.1, -0.05) is 29.8 Å². The summed E-state index contributed by atoms with van der Waals surface area (Å²) in [5, 5.41) is 13.2. The third-order valence-corrected chi connectivity index (χ3v) is 3.26. The van der Waals surface area contributed by atoms with Gasteiger partial charge in [-0.25, -0.2) is 0 Å². The van der Waals surface area contributed by atoms with E-state index in [1.54, 1.807) is 18.2 Å². The van der Waals surface area contributed by atoms with Gasteiger partial charge >= 0.3 is 0 Å². The van der Waals surface area contributed by atoms with Gasteiger partial charge in [0.05, 0.1) is 5.56 Å². The molecular weight excluding hydrogens is 274 g/mol. The Morgan fingerprint density at radius 3 is 2.55 bits per heavy atom. The number of carbonyl (C=O) groups is 1. The molecule has 20 heavy (non-hydrogen) atoms. The lowest BCUT2D eigenvalue weighted by molar-refractivity contribution is 0.0951. The van der Waals surface area contributed by atoms with E-state index in [0.717, 1.165) is 17.5 Å².